The maximum absolute atomic E-state index is 12.0. The van der Waals surface area contributed by atoms with E-state index in [0.717, 1.165) is 30.9 Å². The minimum atomic E-state index is -0.210. The molecule has 2 heterocycles. The van der Waals surface area contributed by atoms with Gasteiger partial charge in [-0.2, -0.15) is 4.37 Å². The van der Waals surface area contributed by atoms with Gasteiger partial charge in [-0.3, -0.25) is 4.79 Å². The van der Waals surface area contributed by atoms with Gasteiger partial charge in [-0.05, 0) is 31.3 Å². The SMILES string of the molecule is CC(Nc1cc(N)ns1)C(=O)N1CCCC1. The first-order valence-electron chi connectivity index (χ1n) is 5.44. The Bertz CT molecular complexity index is 373. The highest BCUT2D eigenvalue weighted by atomic mass is 32.1. The Morgan fingerprint density at radius 1 is 1.62 bits per heavy atom. The maximum Gasteiger partial charge on any atom is 0.244 e. The normalized spacial score (nSPS) is 17.4. The summed E-state index contributed by atoms with van der Waals surface area (Å²) in [5, 5.41) is 3.97. The van der Waals surface area contributed by atoms with Gasteiger partial charge in [-0.15, -0.1) is 0 Å². The molecular formula is C10H16N4OS. The van der Waals surface area contributed by atoms with Gasteiger partial charge in [0.15, 0.2) is 0 Å². The van der Waals surface area contributed by atoms with Gasteiger partial charge in [0, 0.05) is 19.2 Å². The van der Waals surface area contributed by atoms with Crippen molar-refractivity contribution < 1.29 is 4.79 Å². The van der Waals surface area contributed by atoms with Gasteiger partial charge in [-0.25, -0.2) is 0 Å². The number of anilines is 2. The molecule has 1 fully saturated rings. The Hall–Kier alpha value is -1.30. The lowest BCUT2D eigenvalue weighted by atomic mass is 10.3. The van der Waals surface area contributed by atoms with Gasteiger partial charge in [0.1, 0.15) is 16.9 Å². The Kier molecular flexibility index (Phi) is 3.28. The van der Waals surface area contributed by atoms with Crippen molar-refractivity contribution in [3.05, 3.63) is 6.07 Å². The van der Waals surface area contributed by atoms with Crippen LogP contribution in [0.3, 0.4) is 0 Å². The molecule has 88 valence electrons. The minimum absolute atomic E-state index is 0.157. The predicted molar refractivity (Wildman–Crippen MR) is 65.4 cm³/mol. The monoisotopic (exact) mass is 240 g/mol. The molecule has 5 nitrogen and oxygen atoms in total. The summed E-state index contributed by atoms with van der Waals surface area (Å²) in [6, 6.07) is 1.54. The van der Waals surface area contributed by atoms with Crippen molar-refractivity contribution in [1.82, 2.24) is 9.27 Å². The molecule has 1 saturated heterocycles. The molecule has 1 aromatic heterocycles. The van der Waals surface area contributed by atoms with Crippen molar-refractivity contribution in [1.29, 1.82) is 0 Å². The minimum Gasteiger partial charge on any atom is -0.383 e. The summed E-state index contributed by atoms with van der Waals surface area (Å²) in [7, 11) is 0. The van der Waals surface area contributed by atoms with Crippen LogP contribution in [0.5, 0.6) is 0 Å². The number of hydrogen-bond acceptors (Lipinski definition) is 5. The highest BCUT2D eigenvalue weighted by molar-refractivity contribution is 7.10. The Labute approximate surface area is 98.8 Å². The van der Waals surface area contributed by atoms with Gasteiger partial charge >= 0.3 is 0 Å². The van der Waals surface area contributed by atoms with E-state index in [2.05, 4.69) is 9.69 Å². The average Bonchev–Trinajstić information content (AvgIpc) is 2.88. The summed E-state index contributed by atoms with van der Waals surface area (Å²) in [6.45, 7) is 3.64. The topological polar surface area (TPSA) is 71.2 Å². The number of aromatic nitrogens is 1. The van der Waals surface area contributed by atoms with Crippen LogP contribution in [-0.2, 0) is 4.79 Å². The Morgan fingerprint density at radius 3 is 2.88 bits per heavy atom. The molecule has 0 aromatic carbocycles. The third-order valence-electron chi connectivity index (χ3n) is 2.68. The van der Waals surface area contributed by atoms with Crippen LogP contribution in [-0.4, -0.2) is 34.3 Å². The number of hydrogen-bond donors (Lipinski definition) is 2. The molecule has 1 aliphatic heterocycles. The number of carbonyl (C=O) groups is 1. The summed E-state index contributed by atoms with van der Waals surface area (Å²) in [5.41, 5.74) is 5.52. The summed E-state index contributed by atoms with van der Waals surface area (Å²) in [5.74, 6) is 0.651. The number of carbonyl (C=O) groups excluding carboxylic acids is 1. The molecule has 16 heavy (non-hydrogen) atoms. The zero-order chi connectivity index (χ0) is 11.5. The van der Waals surface area contributed by atoms with E-state index in [1.165, 1.54) is 11.5 Å². The van der Waals surface area contributed by atoms with Gasteiger partial charge in [0.2, 0.25) is 5.91 Å². The van der Waals surface area contributed by atoms with Crippen LogP contribution in [0.2, 0.25) is 0 Å². The summed E-state index contributed by atoms with van der Waals surface area (Å²) in [4.78, 5) is 13.9. The van der Waals surface area contributed by atoms with Crippen LogP contribution < -0.4 is 11.1 Å². The lowest BCUT2D eigenvalue weighted by Crippen LogP contribution is -2.39. The molecule has 1 unspecified atom stereocenters. The predicted octanol–water partition coefficient (Wildman–Crippen LogP) is 1.15. The standard InChI is InChI=1S/C10H16N4OS/c1-7(10(15)14-4-2-3-5-14)12-9-6-8(11)13-16-9/h6-7,12H,2-5H2,1H3,(H2,11,13). The van der Waals surface area contributed by atoms with E-state index in [-0.39, 0.29) is 11.9 Å². The van der Waals surface area contributed by atoms with Crippen LogP contribution in [0.1, 0.15) is 19.8 Å². The fraction of sp³-hybridized carbons (Fsp3) is 0.600. The molecular weight excluding hydrogens is 224 g/mol. The highest BCUT2D eigenvalue weighted by Gasteiger charge is 2.23. The molecule has 0 spiro atoms. The van der Waals surface area contributed by atoms with E-state index >= 15 is 0 Å². The van der Waals surface area contributed by atoms with Gasteiger partial charge < -0.3 is 16.0 Å². The van der Waals surface area contributed by atoms with Crippen LogP contribution in [0, 0.1) is 0 Å². The fourth-order valence-electron chi connectivity index (χ4n) is 1.84. The zero-order valence-corrected chi connectivity index (χ0v) is 10.1. The van der Waals surface area contributed by atoms with E-state index in [1.807, 2.05) is 11.8 Å². The third-order valence-corrected chi connectivity index (χ3v) is 3.41. The van der Waals surface area contributed by atoms with Crippen molar-refractivity contribution in [2.75, 3.05) is 24.1 Å². The first-order valence-corrected chi connectivity index (χ1v) is 6.21. The first-order chi connectivity index (χ1) is 7.66. The number of amides is 1. The average molecular weight is 240 g/mol. The Balaban J connectivity index is 1.91. The molecule has 1 atom stereocenters. The van der Waals surface area contributed by atoms with E-state index in [4.69, 9.17) is 5.73 Å². The second-order valence-corrected chi connectivity index (χ2v) is 4.82. The number of nitrogens with zero attached hydrogens (tertiary/aromatic N) is 2. The number of nitrogens with one attached hydrogen (secondary N) is 1. The molecule has 1 aromatic rings. The molecule has 1 amide bonds. The van der Waals surface area contributed by atoms with E-state index in [9.17, 15) is 4.79 Å². The molecule has 1 aliphatic rings. The van der Waals surface area contributed by atoms with Crippen LogP contribution in [0.25, 0.3) is 0 Å². The molecule has 0 bridgehead atoms. The zero-order valence-electron chi connectivity index (χ0n) is 9.27. The molecule has 3 N–H and O–H groups in total. The quantitative estimate of drug-likeness (QED) is 0.831. The number of likely N-dealkylation sites (tertiary alicyclic amines) is 1. The second-order valence-electron chi connectivity index (χ2n) is 4.01. The summed E-state index contributed by atoms with van der Waals surface area (Å²) in [6.07, 6.45) is 2.23. The van der Waals surface area contributed by atoms with Crippen molar-refractivity contribution in [2.24, 2.45) is 0 Å². The van der Waals surface area contributed by atoms with E-state index < -0.39 is 0 Å². The van der Waals surface area contributed by atoms with E-state index in [1.54, 1.807) is 6.07 Å². The number of nitrogen functional groups attached to an aromatic ring is 1. The van der Waals surface area contributed by atoms with Crippen LogP contribution in [0.15, 0.2) is 6.07 Å². The van der Waals surface area contributed by atoms with Gasteiger partial charge in [0.25, 0.3) is 0 Å². The van der Waals surface area contributed by atoms with Crippen molar-refractivity contribution >= 4 is 28.3 Å². The third kappa shape index (κ3) is 2.44. The number of nitrogens with two attached hydrogens (primary N) is 1. The lowest BCUT2D eigenvalue weighted by molar-refractivity contribution is -0.130. The molecule has 0 saturated carbocycles. The fourth-order valence-corrected chi connectivity index (χ4v) is 2.50. The smallest absolute Gasteiger partial charge is 0.244 e. The van der Waals surface area contributed by atoms with Crippen molar-refractivity contribution in [2.45, 2.75) is 25.8 Å². The lowest BCUT2D eigenvalue weighted by Gasteiger charge is -2.20. The van der Waals surface area contributed by atoms with Crippen molar-refractivity contribution in [3.8, 4) is 0 Å². The largest absolute Gasteiger partial charge is 0.383 e. The molecule has 6 heteroatoms. The summed E-state index contributed by atoms with van der Waals surface area (Å²) < 4.78 is 3.96. The highest BCUT2D eigenvalue weighted by Crippen LogP contribution is 2.19. The van der Waals surface area contributed by atoms with Gasteiger partial charge in [-0.1, -0.05) is 0 Å². The maximum atomic E-state index is 12.0. The van der Waals surface area contributed by atoms with Crippen LogP contribution in [0.4, 0.5) is 10.8 Å². The first kappa shape index (κ1) is 11.2. The molecule has 0 radical (unpaired) electrons. The Morgan fingerprint density at radius 2 is 2.31 bits per heavy atom. The molecule has 0 aliphatic carbocycles. The van der Waals surface area contributed by atoms with Crippen molar-refractivity contribution in [3.63, 3.8) is 0 Å². The second kappa shape index (κ2) is 4.69. The van der Waals surface area contributed by atoms with Crippen LogP contribution >= 0.6 is 11.5 Å². The van der Waals surface area contributed by atoms with Gasteiger partial charge in [0.05, 0.1) is 0 Å². The number of rotatable bonds is 3. The van der Waals surface area contributed by atoms with E-state index in [0.29, 0.717) is 5.82 Å². The summed E-state index contributed by atoms with van der Waals surface area (Å²) >= 11 is 1.28. The molecule has 2 rings (SSSR count).